The molecule has 0 bridgehead atoms. The number of carbonyl (C=O) groups is 2. The Morgan fingerprint density at radius 1 is 1.36 bits per heavy atom. The van der Waals surface area contributed by atoms with E-state index < -0.39 is 5.91 Å². The number of anilines is 1. The van der Waals surface area contributed by atoms with Crippen LogP contribution in [0.4, 0.5) is 10.1 Å². The van der Waals surface area contributed by atoms with E-state index in [0.29, 0.717) is 18.0 Å². The van der Waals surface area contributed by atoms with Gasteiger partial charge >= 0.3 is 0 Å². The molecule has 1 aromatic carbocycles. The number of amides is 2. The van der Waals surface area contributed by atoms with Crippen LogP contribution in [0.15, 0.2) is 47.2 Å². The van der Waals surface area contributed by atoms with Crippen molar-refractivity contribution in [3.05, 3.63) is 54.2 Å². The molecule has 1 unspecified atom stereocenters. The number of hydrogen-bond acceptors (Lipinski definition) is 5. The predicted molar refractivity (Wildman–Crippen MR) is 98.0 cm³/mol. The molecular weight excluding hydrogens is 365 g/mol. The molecule has 28 heavy (non-hydrogen) atoms. The Labute approximate surface area is 159 Å². The first-order valence-electron chi connectivity index (χ1n) is 8.90. The summed E-state index contributed by atoms with van der Waals surface area (Å²) in [6.07, 6.45) is 3.61. The fraction of sp³-hybridized carbons (Fsp3) is 0.263. The lowest BCUT2D eigenvalue weighted by Crippen LogP contribution is -2.37. The van der Waals surface area contributed by atoms with Crippen LogP contribution in [0.25, 0.3) is 11.3 Å². The number of halogens is 1. The highest BCUT2D eigenvalue weighted by atomic mass is 19.1. The van der Waals surface area contributed by atoms with Gasteiger partial charge in [0, 0.05) is 37.5 Å². The lowest BCUT2D eigenvalue weighted by atomic mass is 10.2. The average Bonchev–Trinajstić information content (AvgIpc) is 3.41. The molecule has 1 atom stereocenters. The minimum atomic E-state index is -0.420. The first-order chi connectivity index (χ1) is 13.5. The number of carbonyl (C=O) groups excluding carboxylic acids is 2. The van der Waals surface area contributed by atoms with Crippen molar-refractivity contribution in [2.24, 2.45) is 0 Å². The van der Waals surface area contributed by atoms with Gasteiger partial charge in [0.1, 0.15) is 5.82 Å². The van der Waals surface area contributed by atoms with Crippen LogP contribution < -0.4 is 10.2 Å². The molecule has 1 N–H and O–H groups in total. The van der Waals surface area contributed by atoms with Crippen LogP contribution in [0.1, 0.15) is 23.8 Å². The Morgan fingerprint density at radius 2 is 2.14 bits per heavy atom. The number of aromatic nitrogens is 3. The lowest BCUT2D eigenvalue weighted by Gasteiger charge is -2.16. The second kappa shape index (κ2) is 7.26. The zero-order valence-electron chi connectivity index (χ0n) is 15.1. The van der Waals surface area contributed by atoms with Crippen molar-refractivity contribution >= 4 is 17.5 Å². The van der Waals surface area contributed by atoms with Gasteiger partial charge in [-0.05, 0) is 31.2 Å². The van der Waals surface area contributed by atoms with Crippen molar-refractivity contribution in [1.82, 2.24) is 20.3 Å². The fourth-order valence-electron chi connectivity index (χ4n) is 3.12. The molecule has 3 heterocycles. The molecule has 2 aromatic heterocycles. The van der Waals surface area contributed by atoms with Crippen molar-refractivity contribution in [3.8, 4) is 11.3 Å². The summed E-state index contributed by atoms with van der Waals surface area (Å²) in [4.78, 5) is 26.2. The van der Waals surface area contributed by atoms with E-state index in [0.717, 1.165) is 12.1 Å². The normalized spacial score (nSPS) is 16.6. The first-order valence-corrected chi connectivity index (χ1v) is 8.90. The number of rotatable bonds is 5. The zero-order valence-corrected chi connectivity index (χ0v) is 15.1. The van der Waals surface area contributed by atoms with Crippen molar-refractivity contribution in [1.29, 1.82) is 0 Å². The van der Waals surface area contributed by atoms with Gasteiger partial charge in [-0.15, -0.1) is 0 Å². The number of benzene rings is 1. The highest BCUT2D eigenvalue weighted by Crippen LogP contribution is 2.23. The quantitative estimate of drug-likeness (QED) is 0.729. The molecule has 0 radical (unpaired) electrons. The maximum atomic E-state index is 13.1. The van der Waals surface area contributed by atoms with Gasteiger partial charge in [0.2, 0.25) is 5.91 Å². The van der Waals surface area contributed by atoms with Crippen molar-refractivity contribution < 1.29 is 18.5 Å². The van der Waals surface area contributed by atoms with E-state index in [2.05, 4.69) is 15.6 Å². The maximum Gasteiger partial charge on any atom is 0.273 e. The Bertz CT molecular complexity index is 1010. The molecule has 0 aliphatic carbocycles. The standard InChI is InChI=1S/C19H18FN5O3/c1-2-24-10-12(9-21-24)17-8-16(23-28-17)19(27)22-14-7-18(26)25(11-14)15-5-3-13(20)4-6-15/h3-6,8-10,14H,2,7,11H2,1H3,(H,22,27). The number of nitrogens with zero attached hydrogens (tertiary/aromatic N) is 4. The SMILES string of the molecule is CCn1cc(-c2cc(C(=O)NC3CC(=O)N(c4ccc(F)cc4)C3)no2)cn1. The summed E-state index contributed by atoms with van der Waals surface area (Å²) in [5.41, 5.74) is 1.46. The summed E-state index contributed by atoms with van der Waals surface area (Å²) in [5.74, 6) is -0.478. The summed E-state index contributed by atoms with van der Waals surface area (Å²) < 4.78 is 20.1. The Balaban J connectivity index is 1.41. The molecule has 1 saturated heterocycles. The second-order valence-corrected chi connectivity index (χ2v) is 6.52. The molecular formula is C19H18FN5O3. The van der Waals surface area contributed by atoms with E-state index in [1.54, 1.807) is 23.1 Å². The summed E-state index contributed by atoms with van der Waals surface area (Å²) in [6, 6.07) is 6.85. The zero-order chi connectivity index (χ0) is 19.7. The van der Waals surface area contributed by atoms with Crippen LogP contribution in [0.3, 0.4) is 0 Å². The van der Waals surface area contributed by atoms with Crippen LogP contribution in [0.5, 0.6) is 0 Å². The molecule has 3 aromatic rings. The molecule has 1 aliphatic rings. The van der Waals surface area contributed by atoms with Crippen LogP contribution >= 0.6 is 0 Å². The van der Waals surface area contributed by atoms with Crippen LogP contribution in [-0.2, 0) is 11.3 Å². The molecule has 2 amide bonds. The van der Waals surface area contributed by atoms with Crippen LogP contribution in [-0.4, -0.2) is 39.3 Å². The van der Waals surface area contributed by atoms with Crippen molar-refractivity contribution in [2.75, 3.05) is 11.4 Å². The van der Waals surface area contributed by atoms with Gasteiger partial charge in [-0.1, -0.05) is 5.16 Å². The number of hydrogen-bond donors (Lipinski definition) is 1. The highest BCUT2D eigenvalue weighted by Gasteiger charge is 2.32. The van der Waals surface area contributed by atoms with Gasteiger partial charge in [0.05, 0.1) is 17.8 Å². The van der Waals surface area contributed by atoms with E-state index in [4.69, 9.17) is 4.52 Å². The summed E-state index contributed by atoms with van der Waals surface area (Å²) in [7, 11) is 0. The van der Waals surface area contributed by atoms with Gasteiger partial charge in [0.15, 0.2) is 11.5 Å². The van der Waals surface area contributed by atoms with Gasteiger partial charge in [-0.25, -0.2) is 4.39 Å². The largest absolute Gasteiger partial charge is 0.355 e. The van der Waals surface area contributed by atoms with Gasteiger partial charge in [0.25, 0.3) is 5.91 Å². The predicted octanol–water partition coefficient (Wildman–Crippen LogP) is 2.23. The van der Waals surface area contributed by atoms with E-state index in [1.165, 1.54) is 29.2 Å². The molecule has 144 valence electrons. The summed E-state index contributed by atoms with van der Waals surface area (Å²) in [6.45, 7) is 3.00. The van der Waals surface area contributed by atoms with E-state index in [-0.39, 0.29) is 29.9 Å². The molecule has 8 nitrogen and oxygen atoms in total. The van der Waals surface area contributed by atoms with E-state index in [1.807, 2.05) is 6.92 Å². The molecule has 9 heteroatoms. The Hall–Kier alpha value is -3.49. The van der Waals surface area contributed by atoms with Gasteiger partial charge < -0.3 is 14.7 Å². The van der Waals surface area contributed by atoms with Gasteiger partial charge in [-0.3, -0.25) is 14.3 Å². The first kappa shape index (κ1) is 17.9. The topological polar surface area (TPSA) is 93.3 Å². The Kier molecular flexibility index (Phi) is 4.64. The molecule has 4 rings (SSSR count). The van der Waals surface area contributed by atoms with Crippen molar-refractivity contribution in [3.63, 3.8) is 0 Å². The molecule has 1 aliphatic heterocycles. The van der Waals surface area contributed by atoms with E-state index in [9.17, 15) is 14.0 Å². The third kappa shape index (κ3) is 3.51. The average molecular weight is 383 g/mol. The third-order valence-electron chi connectivity index (χ3n) is 4.58. The minimum Gasteiger partial charge on any atom is -0.355 e. The van der Waals surface area contributed by atoms with Crippen LogP contribution in [0.2, 0.25) is 0 Å². The van der Waals surface area contributed by atoms with Crippen LogP contribution in [0, 0.1) is 5.82 Å². The lowest BCUT2D eigenvalue weighted by molar-refractivity contribution is -0.117. The minimum absolute atomic E-state index is 0.131. The van der Waals surface area contributed by atoms with E-state index >= 15 is 0 Å². The molecule has 0 saturated carbocycles. The monoisotopic (exact) mass is 383 g/mol. The number of nitrogens with one attached hydrogen (secondary N) is 1. The molecule has 1 fully saturated rings. The third-order valence-corrected chi connectivity index (χ3v) is 4.58. The number of aryl methyl sites for hydroxylation is 1. The summed E-state index contributed by atoms with van der Waals surface area (Å²) in [5, 5.41) is 10.8. The second-order valence-electron chi connectivity index (χ2n) is 6.52. The fourth-order valence-corrected chi connectivity index (χ4v) is 3.12. The highest BCUT2D eigenvalue weighted by molar-refractivity contribution is 5.98. The molecule has 0 spiro atoms. The summed E-state index contributed by atoms with van der Waals surface area (Å²) >= 11 is 0. The smallest absolute Gasteiger partial charge is 0.273 e. The van der Waals surface area contributed by atoms with Gasteiger partial charge in [-0.2, -0.15) is 5.10 Å². The maximum absolute atomic E-state index is 13.1. The van der Waals surface area contributed by atoms with Crippen molar-refractivity contribution in [2.45, 2.75) is 25.9 Å². The Morgan fingerprint density at radius 3 is 2.86 bits per heavy atom.